The highest BCUT2D eigenvalue weighted by molar-refractivity contribution is 5.52. The van der Waals surface area contributed by atoms with E-state index in [9.17, 15) is 14.9 Å². The Morgan fingerprint density at radius 3 is 2.83 bits per heavy atom. The number of H-pyrrole nitrogens is 1. The summed E-state index contributed by atoms with van der Waals surface area (Å²) in [5, 5.41) is 11.1. The lowest BCUT2D eigenvalue weighted by atomic mass is 10.0. The van der Waals surface area contributed by atoms with E-state index in [1.807, 2.05) is 0 Å². The van der Waals surface area contributed by atoms with Gasteiger partial charge in [-0.3, -0.25) is 19.8 Å². The van der Waals surface area contributed by atoms with E-state index < -0.39 is 4.92 Å². The van der Waals surface area contributed by atoms with Crippen molar-refractivity contribution in [2.75, 3.05) is 13.7 Å². The second-order valence-electron chi connectivity index (χ2n) is 6.68. The first-order valence-electron chi connectivity index (χ1n) is 8.96. The number of rotatable bonds is 5. The Bertz CT molecular complexity index is 1120. The quantitative estimate of drug-likeness (QED) is 0.512. The van der Waals surface area contributed by atoms with Gasteiger partial charge in [0.1, 0.15) is 17.9 Å². The Kier molecular flexibility index (Phi) is 5.00. The largest absolute Gasteiger partial charge is 0.496 e. The molecule has 3 aromatic rings. The van der Waals surface area contributed by atoms with E-state index in [2.05, 4.69) is 24.8 Å². The van der Waals surface area contributed by atoms with Gasteiger partial charge in [0.25, 0.3) is 11.2 Å². The maximum atomic E-state index is 12.5. The Balaban J connectivity index is 1.62. The van der Waals surface area contributed by atoms with E-state index in [-0.39, 0.29) is 11.2 Å². The van der Waals surface area contributed by atoms with Gasteiger partial charge in [-0.2, -0.15) is 0 Å². The predicted molar refractivity (Wildman–Crippen MR) is 103 cm³/mol. The van der Waals surface area contributed by atoms with Crippen LogP contribution in [0.3, 0.4) is 0 Å². The van der Waals surface area contributed by atoms with Crippen molar-refractivity contribution in [2.45, 2.75) is 19.5 Å². The van der Waals surface area contributed by atoms with Crippen molar-refractivity contribution in [3.63, 3.8) is 0 Å². The first-order chi connectivity index (χ1) is 14.0. The van der Waals surface area contributed by atoms with Gasteiger partial charge in [0.15, 0.2) is 0 Å². The summed E-state index contributed by atoms with van der Waals surface area (Å²) in [7, 11) is 1.53. The molecule has 1 aliphatic rings. The van der Waals surface area contributed by atoms with Crippen molar-refractivity contribution in [3.05, 3.63) is 74.2 Å². The van der Waals surface area contributed by atoms with Gasteiger partial charge in [0.05, 0.1) is 23.3 Å². The number of aromatic nitrogens is 4. The molecule has 10 nitrogen and oxygen atoms in total. The first kappa shape index (κ1) is 18.7. The number of nitro groups is 1. The molecule has 0 saturated carbocycles. The minimum atomic E-state index is -0.427. The zero-order valence-electron chi connectivity index (χ0n) is 15.7. The molecule has 0 unspecified atom stereocenters. The highest BCUT2D eigenvalue weighted by Crippen LogP contribution is 2.27. The molecule has 0 fully saturated rings. The number of methoxy groups -OCH3 is 1. The summed E-state index contributed by atoms with van der Waals surface area (Å²) in [6.07, 6.45) is 5.13. The van der Waals surface area contributed by atoms with Crippen LogP contribution < -0.4 is 10.3 Å². The lowest BCUT2D eigenvalue weighted by Crippen LogP contribution is -2.35. The highest BCUT2D eigenvalue weighted by atomic mass is 16.6. The summed E-state index contributed by atoms with van der Waals surface area (Å²) < 4.78 is 5.35. The van der Waals surface area contributed by atoms with Gasteiger partial charge < -0.3 is 9.72 Å². The molecule has 3 heterocycles. The average molecular weight is 394 g/mol. The fourth-order valence-corrected chi connectivity index (χ4v) is 3.43. The van der Waals surface area contributed by atoms with E-state index in [0.717, 1.165) is 0 Å². The number of aromatic amines is 1. The average Bonchev–Trinajstić information content (AvgIpc) is 2.74. The third kappa shape index (κ3) is 3.83. The molecule has 10 heteroatoms. The van der Waals surface area contributed by atoms with Crippen molar-refractivity contribution in [1.29, 1.82) is 0 Å². The molecule has 0 spiro atoms. The molecule has 0 radical (unpaired) electrons. The zero-order chi connectivity index (χ0) is 20.4. The molecule has 0 amide bonds. The number of ether oxygens (including phenoxy) is 1. The minimum absolute atomic E-state index is 0.0131. The Hall–Kier alpha value is -3.66. The normalized spacial score (nSPS) is 13.7. The Morgan fingerprint density at radius 1 is 1.31 bits per heavy atom. The highest BCUT2D eigenvalue weighted by Gasteiger charge is 2.23. The number of nitro benzene ring substituents is 1. The van der Waals surface area contributed by atoms with Crippen molar-refractivity contribution in [3.8, 4) is 17.1 Å². The van der Waals surface area contributed by atoms with Crippen LogP contribution in [0.4, 0.5) is 5.69 Å². The van der Waals surface area contributed by atoms with E-state index in [1.165, 1.54) is 25.6 Å². The molecule has 1 aliphatic heterocycles. The minimum Gasteiger partial charge on any atom is -0.496 e. The Morgan fingerprint density at radius 2 is 2.10 bits per heavy atom. The smallest absolute Gasteiger partial charge is 0.270 e. The standard InChI is InChI=1S/C19H18N6O4/c1-29-17-3-2-14(25(27)28)6-12(17)9-24-5-4-15-16(10-24)22-18(23-19(15)26)13-7-20-11-21-8-13/h2-3,6-8,11H,4-5,9-10H2,1H3,(H,22,23,26). The van der Waals surface area contributed by atoms with E-state index in [4.69, 9.17) is 4.74 Å². The van der Waals surface area contributed by atoms with E-state index >= 15 is 0 Å². The number of hydrogen-bond donors (Lipinski definition) is 1. The van der Waals surface area contributed by atoms with Gasteiger partial charge in [-0.25, -0.2) is 15.0 Å². The lowest BCUT2D eigenvalue weighted by Gasteiger charge is -2.28. The topological polar surface area (TPSA) is 127 Å². The number of non-ortho nitro benzene ring substituents is 1. The number of hydrogen-bond acceptors (Lipinski definition) is 8. The van der Waals surface area contributed by atoms with Crippen LogP contribution in [0.2, 0.25) is 0 Å². The summed E-state index contributed by atoms with van der Waals surface area (Å²) in [4.78, 5) is 40.6. The predicted octanol–water partition coefficient (Wildman–Crippen LogP) is 1.70. The fraction of sp³-hybridized carbons (Fsp3) is 0.263. The van der Waals surface area contributed by atoms with Crippen LogP contribution in [0.5, 0.6) is 5.75 Å². The van der Waals surface area contributed by atoms with Gasteiger partial charge in [0.2, 0.25) is 0 Å². The van der Waals surface area contributed by atoms with E-state index in [0.29, 0.717) is 60.0 Å². The molecule has 0 saturated heterocycles. The van der Waals surface area contributed by atoms with Gasteiger partial charge in [-0.1, -0.05) is 0 Å². The number of fused-ring (bicyclic) bond motifs is 1. The number of nitrogens with one attached hydrogen (secondary N) is 1. The number of benzene rings is 1. The third-order valence-electron chi connectivity index (χ3n) is 4.86. The van der Waals surface area contributed by atoms with Gasteiger partial charge in [-0.15, -0.1) is 0 Å². The first-order valence-corrected chi connectivity index (χ1v) is 8.96. The van der Waals surface area contributed by atoms with Crippen molar-refractivity contribution < 1.29 is 9.66 Å². The summed E-state index contributed by atoms with van der Waals surface area (Å²) in [5.74, 6) is 1.01. The van der Waals surface area contributed by atoms with Crippen LogP contribution in [0.15, 0.2) is 41.7 Å². The monoisotopic (exact) mass is 394 g/mol. The zero-order valence-corrected chi connectivity index (χ0v) is 15.7. The Labute approximate surface area is 165 Å². The maximum Gasteiger partial charge on any atom is 0.270 e. The van der Waals surface area contributed by atoms with Crippen LogP contribution >= 0.6 is 0 Å². The van der Waals surface area contributed by atoms with Crippen LogP contribution in [0.1, 0.15) is 16.8 Å². The number of nitrogens with zero attached hydrogens (tertiary/aromatic N) is 5. The molecule has 0 atom stereocenters. The molecule has 1 N–H and O–H groups in total. The summed E-state index contributed by atoms with van der Waals surface area (Å²) >= 11 is 0. The second kappa shape index (κ2) is 7.76. The molecule has 2 aromatic heterocycles. The van der Waals surface area contributed by atoms with E-state index in [1.54, 1.807) is 18.5 Å². The van der Waals surface area contributed by atoms with Crippen molar-refractivity contribution in [1.82, 2.24) is 24.8 Å². The summed E-state index contributed by atoms with van der Waals surface area (Å²) in [6, 6.07) is 4.54. The van der Waals surface area contributed by atoms with Gasteiger partial charge in [0, 0.05) is 55.3 Å². The molecule has 29 heavy (non-hydrogen) atoms. The van der Waals surface area contributed by atoms with Crippen LogP contribution in [-0.2, 0) is 19.5 Å². The molecule has 0 bridgehead atoms. The molecular formula is C19H18N6O4. The molecular weight excluding hydrogens is 376 g/mol. The molecule has 1 aromatic carbocycles. The van der Waals surface area contributed by atoms with Crippen molar-refractivity contribution >= 4 is 5.69 Å². The van der Waals surface area contributed by atoms with Crippen LogP contribution in [0.25, 0.3) is 11.4 Å². The molecule has 148 valence electrons. The SMILES string of the molecule is COc1ccc([N+](=O)[O-])cc1CN1CCc2c(nc(-c3cncnc3)[nH]c2=O)C1. The lowest BCUT2D eigenvalue weighted by molar-refractivity contribution is -0.385. The van der Waals surface area contributed by atoms with Crippen LogP contribution in [-0.4, -0.2) is 43.4 Å². The van der Waals surface area contributed by atoms with Crippen molar-refractivity contribution in [2.24, 2.45) is 0 Å². The summed E-state index contributed by atoms with van der Waals surface area (Å²) in [5.41, 5.74) is 2.54. The maximum absolute atomic E-state index is 12.5. The van der Waals surface area contributed by atoms with Crippen LogP contribution in [0, 0.1) is 10.1 Å². The molecule has 4 rings (SSSR count). The summed E-state index contributed by atoms with van der Waals surface area (Å²) in [6.45, 7) is 1.53. The molecule has 0 aliphatic carbocycles. The van der Waals surface area contributed by atoms with Gasteiger partial charge >= 0.3 is 0 Å². The fourth-order valence-electron chi connectivity index (χ4n) is 3.43. The third-order valence-corrected chi connectivity index (χ3v) is 4.86. The van der Waals surface area contributed by atoms with Gasteiger partial charge in [-0.05, 0) is 12.5 Å². The second-order valence-corrected chi connectivity index (χ2v) is 6.68.